The fourth-order valence-electron chi connectivity index (χ4n) is 2.43. The number of carbonyl (C=O) groups is 2. The van der Waals surface area contributed by atoms with Gasteiger partial charge in [-0.3, -0.25) is 4.79 Å². The Hall–Kier alpha value is -2.88. The minimum Gasteiger partial charge on any atom is -0.480 e. The summed E-state index contributed by atoms with van der Waals surface area (Å²) in [7, 11) is 0. The van der Waals surface area contributed by atoms with Crippen LogP contribution in [0.5, 0.6) is 0 Å². The standard InChI is InChI=1S/C21H23NO3/c1-15(2)18-11-8-16(9-12-18)10-13-20(23)22-19(21(24)25)14-17-6-4-3-5-7-17/h3-13,15,19H,14H2,1-2H3,(H,22,23)(H,24,25)/b13-10+. The average molecular weight is 337 g/mol. The van der Waals surface area contributed by atoms with Crippen LogP contribution in [0.4, 0.5) is 0 Å². The van der Waals surface area contributed by atoms with E-state index in [0.717, 1.165) is 11.1 Å². The number of rotatable bonds is 7. The van der Waals surface area contributed by atoms with E-state index in [0.29, 0.717) is 5.92 Å². The number of carboxylic acid groups (broad SMARTS) is 1. The first-order valence-electron chi connectivity index (χ1n) is 8.31. The molecule has 25 heavy (non-hydrogen) atoms. The number of carbonyl (C=O) groups excluding carboxylic acids is 1. The molecule has 2 rings (SSSR count). The van der Waals surface area contributed by atoms with Gasteiger partial charge in [-0.2, -0.15) is 0 Å². The monoisotopic (exact) mass is 337 g/mol. The molecule has 0 fully saturated rings. The van der Waals surface area contributed by atoms with Crippen molar-refractivity contribution in [2.45, 2.75) is 32.2 Å². The molecule has 2 aromatic carbocycles. The van der Waals surface area contributed by atoms with Gasteiger partial charge < -0.3 is 10.4 Å². The van der Waals surface area contributed by atoms with Crippen LogP contribution in [0.3, 0.4) is 0 Å². The lowest BCUT2D eigenvalue weighted by Gasteiger charge is -2.13. The Morgan fingerprint density at radius 2 is 1.68 bits per heavy atom. The first kappa shape index (κ1) is 18.5. The second kappa shape index (κ2) is 8.83. The smallest absolute Gasteiger partial charge is 0.326 e. The Bertz CT molecular complexity index is 733. The van der Waals surface area contributed by atoms with Crippen molar-refractivity contribution in [1.29, 1.82) is 0 Å². The number of hydrogen-bond acceptors (Lipinski definition) is 2. The maximum atomic E-state index is 12.0. The summed E-state index contributed by atoms with van der Waals surface area (Å²) in [6, 6.07) is 16.2. The van der Waals surface area contributed by atoms with E-state index in [1.807, 2.05) is 54.6 Å². The second-order valence-electron chi connectivity index (χ2n) is 6.24. The molecule has 0 aliphatic carbocycles. The molecule has 1 unspecified atom stereocenters. The van der Waals surface area contributed by atoms with Crippen LogP contribution in [-0.2, 0) is 16.0 Å². The Kier molecular flexibility index (Phi) is 6.52. The van der Waals surface area contributed by atoms with E-state index in [4.69, 9.17) is 0 Å². The molecule has 0 aliphatic heterocycles. The highest BCUT2D eigenvalue weighted by Gasteiger charge is 2.19. The highest BCUT2D eigenvalue weighted by molar-refractivity contribution is 5.94. The highest BCUT2D eigenvalue weighted by atomic mass is 16.4. The van der Waals surface area contributed by atoms with Crippen molar-refractivity contribution in [3.63, 3.8) is 0 Å². The minimum atomic E-state index is -1.05. The van der Waals surface area contributed by atoms with Crippen molar-refractivity contribution in [2.75, 3.05) is 0 Å². The van der Waals surface area contributed by atoms with E-state index in [9.17, 15) is 14.7 Å². The molecule has 0 radical (unpaired) electrons. The molecule has 0 aliphatic rings. The molecule has 2 N–H and O–H groups in total. The van der Waals surface area contributed by atoms with E-state index >= 15 is 0 Å². The van der Waals surface area contributed by atoms with Gasteiger partial charge in [0.05, 0.1) is 0 Å². The van der Waals surface area contributed by atoms with Crippen LogP contribution in [0.2, 0.25) is 0 Å². The zero-order valence-electron chi connectivity index (χ0n) is 14.5. The van der Waals surface area contributed by atoms with Gasteiger partial charge in [0.25, 0.3) is 0 Å². The molecule has 130 valence electrons. The lowest BCUT2D eigenvalue weighted by molar-refractivity contribution is -0.141. The number of hydrogen-bond donors (Lipinski definition) is 2. The van der Waals surface area contributed by atoms with Gasteiger partial charge in [-0.15, -0.1) is 0 Å². The summed E-state index contributed by atoms with van der Waals surface area (Å²) < 4.78 is 0. The molecule has 0 heterocycles. The van der Waals surface area contributed by atoms with Crippen LogP contribution in [0.25, 0.3) is 6.08 Å². The topological polar surface area (TPSA) is 66.4 Å². The SMILES string of the molecule is CC(C)c1ccc(/C=C/C(=O)NC(Cc2ccccc2)C(=O)O)cc1. The van der Waals surface area contributed by atoms with Crippen LogP contribution >= 0.6 is 0 Å². The molecule has 0 saturated carbocycles. The lowest BCUT2D eigenvalue weighted by Crippen LogP contribution is -2.41. The predicted molar refractivity (Wildman–Crippen MR) is 99.3 cm³/mol. The van der Waals surface area contributed by atoms with E-state index in [1.54, 1.807) is 6.08 Å². The number of nitrogens with one attached hydrogen (secondary N) is 1. The van der Waals surface area contributed by atoms with E-state index in [2.05, 4.69) is 19.2 Å². The van der Waals surface area contributed by atoms with Gasteiger partial charge in [0.1, 0.15) is 6.04 Å². The summed E-state index contributed by atoms with van der Waals surface area (Å²) in [5.74, 6) is -1.02. The minimum absolute atomic E-state index is 0.249. The van der Waals surface area contributed by atoms with E-state index in [1.165, 1.54) is 11.6 Å². The quantitative estimate of drug-likeness (QED) is 0.758. The van der Waals surface area contributed by atoms with Crippen molar-refractivity contribution in [3.8, 4) is 0 Å². The average Bonchev–Trinajstić information content (AvgIpc) is 2.60. The third-order valence-corrected chi connectivity index (χ3v) is 3.93. The second-order valence-corrected chi connectivity index (χ2v) is 6.24. The van der Waals surface area contributed by atoms with Gasteiger partial charge in [-0.05, 0) is 28.7 Å². The highest BCUT2D eigenvalue weighted by Crippen LogP contribution is 2.15. The first-order chi connectivity index (χ1) is 12.0. The maximum absolute atomic E-state index is 12.0. The van der Waals surface area contributed by atoms with E-state index in [-0.39, 0.29) is 6.42 Å². The van der Waals surface area contributed by atoms with Gasteiger partial charge in [0.2, 0.25) is 5.91 Å². The van der Waals surface area contributed by atoms with Crippen molar-refractivity contribution in [1.82, 2.24) is 5.32 Å². The summed E-state index contributed by atoms with van der Waals surface area (Å²) in [4.78, 5) is 23.4. The Morgan fingerprint density at radius 3 is 2.24 bits per heavy atom. The zero-order valence-corrected chi connectivity index (χ0v) is 14.5. The molecule has 1 amide bonds. The summed E-state index contributed by atoms with van der Waals surface area (Å²) in [6.45, 7) is 4.24. The van der Waals surface area contributed by atoms with Gasteiger partial charge in [0, 0.05) is 12.5 Å². The fourth-order valence-corrected chi connectivity index (χ4v) is 2.43. The van der Waals surface area contributed by atoms with Crippen LogP contribution in [0.1, 0.15) is 36.5 Å². The van der Waals surface area contributed by atoms with Crippen LogP contribution in [0, 0.1) is 0 Å². The Morgan fingerprint density at radius 1 is 1.04 bits per heavy atom. The predicted octanol–water partition coefficient (Wildman–Crippen LogP) is 3.64. The normalized spacial score (nSPS) is 12.3. The molecule has 2 aromatic rings. The summed E-state index contributed by atoms with van der Waals surface area (Å²) >= 11 is 0. The third-order valence-electron chi connectivity index (χ3n) is 3.93. The van der Waals surface area contributed by atoms with Gasteiger partial charge in [-0.25, -0.2) is 4.79 Å². The van der Waals surface area contributed by atoms with Gasteiger partial charge in [0.15, 0.2) is 0 Å². The number of benzene rings is 2. The van der Waals surface area contributed by atoms with Crippen LogP contribution in [-0.4, -0.2) is 23.0 Å². The molecule has 1 atom stereocenters. The van der Waals surface area contributed by atoms with E-state index < -0.39 is 17.9 Å². The number of carboxylic acids is 1. The van der Waals surface area contributed by atoms with Crippen molar-refractivity contribution in [2.24, 2.45) is 0 Å². The van der Waals surface area contributed by atoms with Gasteiger partial charge >= 0.3 is 5.97 Å². The van der Waals surface area contributed by atoms with Crippen molar-refractivity contribution < 1.29 is 14.7 Å². The molecule has 4 heteroatoms. The third kappa shape index (κ3) is 5.92. The molecule has 0 bridgehead atoms. The molecule has 0 spiro atoms. The Labute approximate surface area is 148 Å². The van der Waals surface area contributed by atoms with Gasteiger partial charge in [-0.1, -0.05) is 68.4 Å². The fraction of sp³-hybridized carbons (Fsp3) is 0.238. The largest absolute Gasteiger partial charge is 0.480 e. The van der Waals surface area contributed by atoms with Crippen LogP contribution in [0.15, 0.2) is 60.7 Å². The Balaban J connectivity index is 1.97. The molecular weight excluding hydrogens is 314 g/mol. The number of amides is 1. The number of aliphatic carboxylic acids is 1. The molecule has 0 aromatic heterocycles. The summed E-state index contributed by atoms with van der Waals surface area (Å²) in [6.07, 6.45) is 3.30. The molecule has 4 nitrogen and oxygen atoms in total. The van der Waals surface area contributed by atoms with Crippen molar-refractivity contribution in [3.05, 3.63) is 77.4 Å². The summed E-state index contributed by atoms with van der Waals surface area (Å²) in [5, 5.41) is 11.9. The summed E-state index contributed by atoms with van der Waals surface area (Å²) in [5.41, 5.74) is 2.99. The van der Waals surface area contributed by atoms with Crippen LogP contribution < -0.4 is 5.32 Å². The zero-order chi connectivity index (χ0) is 18.2. The first-order valence-corrected chi connectivity index (χ1v) is 8.31. The maximum Gasteiger partial charge on any atom is 0.326 e. The molecule has 0 saturated heterocycles. The van der Waals surface area contributed by atoms with Crippen molar-refractivity contribution >= 4 is 18.0 Å². The lowest BCUT2D eigenvalue weighted by atomic mass is 10.0. The molecular formula is C21H23NO3.